The topological polar surface area (TPSA) is 32.7 Å². The predicted molar refractivity (Wildman–Crippen MR) is 65.3 cm³/mol. The highest BCUT2D eigenvalue weighted by Crippen LogP contribution is 2.38. The molecule has 3 heteroatoms. The van der Waals surface area contributed by atoms with E-state index in [2.05, 4.69) is 13.8 Å². The summed E-state index contributed by atoms with van der Waals surface area (Å²) in [7, 11) is 0. The van der Waals surface area contributed by atoms with Crippen molar-refractivity contribution in [1.29, 1.82) is 0 Å². The van der Waals surface area contributed by atoms with Crippen molar-refractivity contribution in [2.75, 3.05) is 6.61 Å². The zero-order valence-corrected chi connectivity index (χ0v) is 11.4. The second-order valence-electron chi connectivity index (χ2n) is 5.86. The molecule has 1 aliphatic rings. The lowest BCUT2D eigenvalue weighted by atomic mass is 10.0. The summed E-state index contributed by atoms with van der Waals surface area (Å²) < 4.78 is 5.84. The first-order chi connectivity index (χ1) is 7.21. The Kier molecular flexibility index (Phi) is 3.70. The van der Waals surface area contributed by atoms with Gasteiger partial charge in [-0.2, -0.15) is 5.06 Å². The van der Waals surface area contributed by atoms with Crippen LogP contribution < -0.4 is 0 Å². The average Bonchev–Trinajstić information content (AvgIpc) is 2.35. The van der Waals surface area contributed by atoms with Gasteiger partial charge in [-0.1, -0.05) is 20.3 Å². The first-order valence-electron chi connectivity index (χ1n) is 6.07. The summed E-state index contributed by atoms with van der Waals surface area (Å²) in [5.74, 6) is 1.42. The van der Waals surface area contributed by atoms with E-state index < -0.39 is 5.54 Å². The van der Waals surface area contributed by atoms with Crippen LogP contribution in [0.3, 0.4) is 0 Å². The molecule has 94 valence electrons. The van der Waals surface area contributed by atoms with E-state index in [1.54, 1.807) is 0 Å². The van der Waals surface area contributed by atoms with E-state index in [9.17, 15) is 5.21 Å². The molecule has 0 saturated carbocycles. The lowest BCUT2D eigenvalue weighted by Gasteiger charge is -2.35. The molecule has 0 radical (unpaired) electrons. The molecule has 0 bridgehead atoms. The Labute approximate surface area is 99.0 Å². The number of ether oxygens (including phenoxy) is 1. The molecular formula is C13H25NO2. The molecular weight excluding hydrogens is 202 g/mol. The van der Waals surface area contributed by atoms with E-state index >= 15 is 0 Å². The van der Waals surface area contributed by atoms with E-state index in [1.165, 1.54) is 5.06 Å². The van der Waals surface area contributed by atoms with E-state index in [0.717, 1.165) is 18.8 Å². The minimum Gasteiger partial charge on any atom is -0.496 e. The first kappa shape index (κ1) is 13.5. The second kappa shape index (κ2) is 4.38. The molecule has 1 aliphatic heterocycles. The van der Waals surface area contributed by atoms with E-state index in [0.29, 0.717) is 5.92 Å². The Bertz CT molecular complexity index is 282. The summed E-state index contributed by atoms with van der Waals surface area (Å²) in [5, 5.41) is 11.4. The van der Waals surface area contributed by atoms with Crippen LogP contribution in [0.5, 0.6) is 0 Å². The van der Waals surface area contributed by atoms with Gasteiger partial charge in [-0.25, -0.2) is 0 Å². The number of rotatable bonds is 4. The van der Waals surface area contributed by atoms with Gasteiger partial charge in [0, 0.05) is 0 Å². The van der Waals surface area contributed by atoms with Crippen molar-refractivity contribution in [2.24, 2.45) is 5.92 Å². The SMILES string of the molecule is CCC(C)COC1=CC(C)(C)N(O)C1(C)C. The van der Waals surface area contributed by atoms with Crippen LogP contribution in [0.25, 0.3) is 0 Å². The Morgan fingerprint density at radius 3 is 2.31 bits per heavy atom. The molecule has 0 saturated heterocycles. The standard InChI is InChI=1S/C13H25NO2/c1-7-10(2)9-16-11-8-12(3,4)14(15)13(11,5)6/h8,10,15H,7,9H2,1-6H3. The molecule has 0 amide bonds. The Hall–Kier alpha value is -0.540. The Morgan fingerprint density at radius 1 is 1.38 bits per heavy atom. The predicted octanol–water partition coefficient (Wildman–Crippen LogP) is 3.20. The number of hydroxylamine groups is 2. The fraction of sp³-hybridized carbons (Fsp3) is 0.846. The van der Waals surface area contributed by atoms with Crippen LogP contribution in [0, 0.1) is 5.92 Å². The van der Waals surface area contributed by atoms with Gasteiger partial charge in [-0.05, 0) is 39.7 Å². The first-order valence-corrected chi connectivity index (χ1v) is 6.07. The van der Waals surface area contributed by atoms with Crippen LogP contribution >= 0.6 is 0 Å². The normalized spacial score (nSPS) is 25.3. The highest BCUT2D eigenvalue weighted by atomic mass is 16.5. The summed E-state index contributed by atoms with van der Waals surface area (Å²) in [6, 6.07) is 0. The summed E-state index contributed by atoms with van der Waals surface area (Å²) in [6.07, 6.45) is 3.12. The fourth-order valence-corrected chi connectivity index (χ4v) is 1.95. The van der Waals surface area contributed by atoms with Gasteiger partial charge in [-0.15, -0.1) is 0 Å². The third-order valence-electron chi connectivity index (χ3n) is 3.38. The zero-order chi connectivity index (χ0) is 12.6. The molecule has 1 rings (SSSR count). The summed E-state index contributed by atoms with van der Waals surface area (Å²) in [6.45, 7) is 13.0. The minimum absolute atomic E-state index is 0.353. The third-order valence-corrected chi connectivity index (χ3v) is 3.38. The van der Waals surface area contributed by atoms with Gasteiger partial charge >= 0.3 is 0 Å². The molecule has 0 aromatic heterocycles. The van der Waals surface area contributed by atoms with Crippen molar-refractivity contribution in [3.63, 3.8) is 0 Å². The molecule has 1 atom stereocenters. The fourth-order valence-electron chi connectivity index (χ4n) is 1.95. The van der Waals surface area contributed by atoms with Crippen LogP contribution in [0.15, 0.2) is 11.8 Å². The Morgan fingerprint density at radius 2 is 1.94 bits per heavy atom. The molecule has 1 unspecified atom stereocenters. The van der Waals surface area contributed by atoms with Crippen LogP contribution in [-0.4, -0.2) is 28.0 Å². The maximum atomic E-state index is 10.1. The van der Waals surface area contributed by atoms with Gasteiger partial charge in [-0.3, -0.25) is 0 Å². The Balaban J connectivity index is 2.73. The minimum atomic E-state index is -0.434. The molecule has 0 aromatic carbocycles. The molecule has 1 heterocycles. The van der Waals surface area contributed by atoms with E-state index in [-0.39, 0.29) is 5.54 Å². The van der Waals surface area contributed by atoms with Gasteiger partial charge in [0.15, 0.2) is 0 Å². The van der Waals surface area contributed by atoms with Gasteiger partial charge in [0.25, 0.3) is 0 Å². The van der Waals surface area contributed by atoms with Gasteiger partial charge < -0.3 is 9.94 Å². The lowest BCUT2D eigenvalue weighted by Crippen LogP contribution is -2.48. The van der Waals surface area contributed by atoms with Crippen LogP contribution in [0.4, 0.5) is 0 Å². The zero-order valence-electron chi connectivity index (χ0n) is 11.4. The van der Waals surface area contributed by atoms with Crippen molar-refractivity contribution in [2.45, 2.75) is 59.0 Å². The average molecular weight is 227 g/mol. The monoisotopic (exact) mass is 227 g/mol. The van der Waals surface area contributed by atoms with Crippen LogP contribution in [-0.2, 0) is 4.74 Å². The summed E-state index contributed by atoms with van der Waals surface area (Å²) >= 11 is 0. The maximum Gasteiger partial charge on any atom is 0.116 e. The van der Waals surface area contributed by atoms with E-state index in [1.807, 2.05) is 33.8 Å². The molecule has 0 spiro atoms. The van der Waals surface area contributed by atoms with Gasteiger partial charge in [0.05, 0.1) is 17.7 Å². The number of hydrogen-bond acceptors (Lipinski definition) is 3. The van der Waals surface area contributed by atoms with Crippen molar-refractivity contribution in [3.8, 4) is 0 Å². The quantitative estimate of drug-likeness (QED) is 0.800. The molecule has 16 heavy (non-hydrogen) atoms. The van der Waals surface area contributed by atoms with E-state index in [4.69, 9.17) is 4.74 Å². The second-order valence-corrected chi connectivity index (χ2v) is 5.86. The van der Waals surface area contributed by atoms with Crippen molar-refractivity contribution in [3.05, 3.63) is 11.8 Å². The molecule has 1 N–H and O–H groups in total. The van der Waals surface area contributed by atoms with Gasteiger partial charge in [0.2, 0.25) is 0 Å². The van der Waals surface area contributed by atoms with Crippen molar-refractivity contribution in [1.82, 2.24) is 5.06 Å². The van der Waals surface area contributed by atoms with Crippen LogP contribution in [0.1, 0.15) is 48.0 Å². The van der Waals surface area contributed by atoms with Gasteiger partial charge in [0.1, 0.15) is 5.76 Å². The molecule has 0 aromatic rings. The summed E-state index contributed by atoms with van der Waals surface area (Å²) in [5.41, 5.74) is -0.786. The lowest BCUT2D eigenvalue weighted by molar-refractivity contribution is -0.192. The molecule has 3 nitrogen and oxygen atoms in total. The maximum absolute atomic E-state index is 10.1. The highest BCUT2D eigenvalue weighted by molar-refractivity contribution is 5.25. The smallest absolute Gasteiger partial charge is 0.116 e. The van der Waals surface area contributed by atoms with Crippen molar-refractivity contribution >= 4 is 0 Å². The number of hydrogen-bond donors (Lipinski definition) is 1. The third kappa shape index (κ3) is 2.41. The largest absolute Gasteiger partial charge is 0.496 e. The van der Waals surface area contributed by atoms with Crippen molar-refractivity contribution < 1.29 is 9.94 Å². The summed E-state index contributed by atoms with van der Waals surface area (Å²) in [4.78, 5) is 0. The number of nitrogens with zero attached hydrogens (tertiary/aromatic N) is 1. The molecule has 0 fully saturated rings. The highest BCUT2D eigenvalue weighted by Gasteiger charge is 2.46. The van der Waals surface area contributed by atoms with Crippen LogP contribution in [0.2, 0.25) is 0 Å². The molecule has 0 aliphatic carbocycles.